The molecule has 0 saturated carbocycles. The Bertz CT molecular complexity index is 952. The van der Waals surface area contributed by atoms with E-state index in [0.717, 1.165) is 0 Å². The van der Waals surface area contributed by atoms with Crippen LogP contribution in [0.5, 0.6) is 11.5 Å². The second kappa shape index (κ2) is 9.11. The number of ether oxygens (including phenoxy) is 2. The Kier molecular flexibility index (Phi) is 6.77. The summed E-state index contributed by atoms with van der Waals surface area (Å²) < 4.78 is 10.5. The van der Waals surface area contributed by atoms with Crippen LogP contribution in [0.15, 0.2) is 30.3 Å². The Morgan fingerprint density at radius 3 is 2.45 bits per heavy atom. The zero-order chi connectivity index (χ0) is 21.1. The second-order valence-corrected chi connectivity index (χ2v) is 7.71. The molecule has 29 heavy (non-hydrogen) atoms. The van der Waals surface area contributed by atoms with Crippen molar-refractivity contribution in [1.82, 2.24) is 4.90 Å². The van der Waals surface area contributed by atoms with Gasteiger partial charge in [-0.25, -0.2) is 0 Å². The molecular weight excluding hydrogens is 439 g/mol. The van der Waals surface area contributed by atoms with Crippen molar-refractivity contribution in [3.8, 4) is 11.5 Å². The first-order chi connectivity index (χ1) is 13.8. The van der Waals surface area contributed by atoms with Gasteiger partial charge in [0.2, 0.25) is 5.91 Å². The average molecular weight is 458 g/mol. The molecule has 1 atom stereocenters. The van der Waals surface area contributed by atoms with Crippen LogP contribution in [0.25, 0.3) is 0 Å². The minimum atomic E-state index is -0.649. The van der Waals surface area contributed by atoms with Crippen molar-refractivity contribution in [3.63, 3.8) is 0 Å². The molecule has 9 heteroatoms. The lowest BCUT2D eigenvalue weighted by atomic mass is 10.1. The number of benzene rings is 2. The molecule has 1 saturated heterocycles. The van der Waals surface area contributed by atoms with Crippen LogP contribution in [-0.4, -0.2) is 43.5 Å². The van der Waals surface area contributed by atoms with Crippen molar-refractivity contribution in [2.24, 2.45) is 0 Å². The van der Waals surface area contributed by atoms with E-state index in [4.69, 9.17) is 44.3 Å². The predicted octanol–water partition coefficient (Wildman–Crippen LogP) is 4.91. The van der Waals surface area contributed by atoms with Gasteiger partial charge in [0.05, 0.1) is 35.5 Å². The molecule has 1 aliphatic rings. The number of carbonyl (C=O) groups is 2. The van der Waals surface area contributed by atoms with E-state index in [-0.39, 0.29) is 22.4 Å². The molecule has 2 amide bonds. The number of nitrogens with one attached hydrogen (secondary N) is 1. The molecule has 2 aromatic rings. The summed E-state index contributed by atoms with van der Waals surface area (Å²) >= 11 is 18.3. The van der Waals surface area contributed by atoms with Crippen LogP contribution in [0.1, 0.15) is 23.2 Å². The van der Waals surface area contributed by atoms with Crippen LogP contribution < -0.4 is 14.8 Å². The monoisotopic (exact) mass is 456 g/mol. The number of rotatable bonds is 5. The van der Waals surface area contributed by atoms with Crippen LogP contribution in [0.2, 0.25) is 15.1 Å². The van der Waals surface area contributed by atoms with E-state index in [1.54, 1.807) is 24.3 Å². The number of likely N-dealkylation sites (tertiary alicyclic amines) is 1. The summed E-state index contributed by atoms with van der Waals surface area (Å²) in [6, 6.07) is 7.16. The fourth-order valence-electron chi connectivity index (χ4n) is 3.27. The summed E-state index contributed by atoms with van der Waals surface area (Å²) in [5.74, 6) is 0.109. The molecule has 1 fully saturated rings. The summed E-state index contributed by atoms with van der Waals surface area (Å²) in [4.78, 5) is 27.5. The van der Waals surface area contributed by atoms with Gasteiger partial charge in [-0.3, -0.25) is 9.59 Å². The van der Waals surface area contributed by atoms with Crippen molar-refractivity contribution < 1.29 is 19.1 Å². The summed E-state index contributed by atoms with van der Waals surface area (Å²) in [6.45, 7) is 0.445. The predicted molar refractivity (Wildman–Crippen MR) is 114 cm³/mol. The zero-order valence-electron chi connectivity index (χ0n) is 15.8. The SMILES string of the molecule is COc1cc(NC(=O)C2CCCN2C(=O)c2cc(Cl)ccc2Cl)c(OC)cc1Cl. The molecule has 0 aromatic heterocycles. The van der Waals surface area contributed by atoms with Gasteiger partial charge in [-0.05, 0) is 31.0 Å². The van der Waals surface area contributed by atoms with Gasteiger partial charge in [0.15, 0.2) is 0 Å². The van der Waals surface area contributed by atoms with Crippen LogP contribution >= 0.6 is 34.8 Å². The highest BCUT2D eigenvalue weighted by molar-refractivity contribution is 6.36. The number of hydrogen-bond donors (Lipinski definition) is 1. The first-order valence-electron chi connectivity index (χ1n) is 8.84. The summed E-state index contributed by atoms with van der Waals surface area (Å²) in [7, 11) is 2.95. The molecular formula is C20H19Cl3N2O4. The number of hydrogen-bond acceptors (Lipinski definition) is 4. The third-order valence-corrected chi connectivity index (χ3v) is 5.57. The normalized spacial score (nSPS) is 15.9. The Morgan fingerprint density at radius 2 is 1.76 bits per heavy atom. The third kappa shape index (κ3) is 4.55. The van der Waals surface area contributed by atoms with Crippen molar-refractivity contribution in [1.29, 1.82) is 0 Å². The summed E-state index contributed by atoms with van der Waals surface area (Å²) in [5.41, 5.74) is 0.670. The minimum absolute atomic E-state index is 0.268. The maximum atomic E-state index is 13.0. The van der Waals surface area contributed by atoms with E-state index >= 15 is 0 Å². The highest BCUT2D eigenvalue weighted by Gasteiger charge is 2.35. The fourth-order valence-corrected chi connectivity index (χ4v) is 3.87. The largest absolute Gasteiger partial charge is 0.495 e. The minimum Gasteiger partial charge on any atom is -0.495 e. The summed E-state index contributed by atoms with van der Waals surface area (Å²) in [5, 5.41) is 3.85. The highest BCUT2D eigenvalue weighted by atomic mass is 35.5. The molecule has 1 N–H and O–H groups in total. The van der Waals surface area contributed by atoms with Gasteiger partial charge in [0.25, 0.3) is 5.91 Å². The fraction of sp³-hybridized carbons (Fsp3) is 0.300. The first-order valence-corrected chi connectivity index (χ1v) is 9.97. The number of methoxy groups -OCH3 is 2. The average Bonchev–Trinajstić information content (AvgIpc) is 3.20. The van der Waals surface area contributed by atoms with Crippen LogP contribution in [0.4, 0.5) is 5.69 Å². The van der Waals surface area contributed by atoms with Gasteiger partial charge in [-0.1, -0.05) is 34.8 Å². The lowest BCUT2D eigenvalue weighted by Crippen LogP contribution is -2.43. The Morgan fingerprint density at radius 1 is 1.03 bits per heavy atom. The standard InChI is InChI=1S/C20H19Cl3N2O4/c1-28-17-10-15(18(29-2)9-14(17)23)24-19(26)16-4-3-7-25(16)20(27)12-8-11(21)5-6-13(12)22/h5-6,8-10,16H,3-4,7H2,1-2H3,(H,24,26). The Balaban J connectivity index is 1.84. The molecule has 0 spiro atoms. The quantitative estimate of drug-likeness (QED) is 0.693. The molecule has 3 rings (SSSR count). The van der Waals surface area contributed by atoms with Crippen molar-refractivity contribution in [2.75, 3.05) is 26.1 Å². The maximum absolute atomic E-state index is 13.0. The molecule has 1 heterocycles. The Labute approximate surface area is 183 Å². The lowest BCUT2D eigenvalue weighted by molar-refractivity contribution is -0.119. The molecule has 0 aliphatic carbocycles. The molecule has 2 aromatic carbocycles. The third-order valence-electron chi connectivity index (χ3n) is 4.71. The molecule has 0 bridgehead atoms. The summed E-state index contributed by atoms with van der Waals surface area (Å²) in [6.07, 6.45) is 1.23. The number of nitrogens with zero attached hydrogens (tertiary/aromatic N) is 1. The van der Waals surface area contributed by atoms with Gasteiger partial charge in [-0.15, -0.1) is 0 Å². The van der Waals surface area contributed by atoms with Gasteiger partial charge in [-0.2, -0.15) is 0 Å². The van der Waals surface area contributed by atoms with E-state index in [1.165, 1.54) is 25.2 Å². The number of carbonyl (C=O) groups excluding carboxylic acids is 2. The van der Waals surface area contributed by atoms with Crippen molar-refractivity contribution >= 4 is 52.3 Å². The molecule has 0 radical (unpaired) electrons. The van der Waals surface area contributed by atoms with Crippen molar-refractivity contribution in [3.05, 3.63) is 51.0 Å². The van der Waals surface area contributed by atoms with Gasteiger partial charge in [0, 0.05) is 23.7 Å². The van der Waals surface area contributed by atoms with Gasteiger partial charge in [0.1, 0.15) is 17.5 Å². The number of anilines is 1. The zero-order valence-corrected chi connectivity index (χ0v) is 18.1. The first kappa shape index (κ1) is 21.6. The molecule has 1 aliphatic heterocycles. The molecule has 1 unspecified atom stereocenters. The topological polar surface area (TPSA) is 67.9 Å². The Hall–Kier alpha value is -2.15. The van der Waals surface area contributed by atoms with Gasteiger partial charge >= 0.3 is 0 Å². The van der Waals surface area contributed by atoms with E-state index in [2.05, 4.69) is 5.32 Å². The van der Waals surface area contributed by atoms with Crippen LogP contribution in [0.3, 0.4) is 0 Å². The van der Waals surface area contributed by atoms with Crippen molar-refractivity contribution in [2.45, 2.75) is 18.9 Å². The van der Waals surface area contributed by atoms with E-state index in [1.807, 2.05) is 0 Å². The van der Waals surface area contributed by atoms with Crippen LogP contribution in [0, 0.1) is 0 Å². The van der Waals surface area contributed by atoms with E-state index < -0.39 is 6.04 Å². The van der Waals surface area contributed by atoms with E-state index in [9.17, 15) is 9.59 Å². The smallest absolute Gasteiger partial charge is 0.256 e. The highest BCUT2D eigenvalue weighted by Crippen LogP contribution is 2.36. The van der Waals surface area contributed by atoms with Crippen LogP contribution in [-0.2, 0) is 4.79 Å². The molecule has 154 valence electrons. The number of amides is 2. The second-order valence-electron chi connectivity index (χ2n) is 6.46. The number of halogens is 3. The van der Waals surface area contributed by atoms with Gasteiger partial charge < -0.3 is 19.7 Å². The molecule has 6 nitrogen and oxygen atoms in total. The van der Waals surface area contributed by atoms with E-state index in [0.29, 0.717) is 46.6 Å². The maximum Gasteiger partial charge on any atom is 0.256 e. The lowest BCUT2D eigenvalue weighted by Gasteiger charge is -2.25.